The van der Waals surface area contributed by atoms with E-state index >= 15 is 4.39 Å². The van der Waals surface area contributed by atoms with Crippen LogP contribution in [0.3, 0.4) is 0 Å². The minimum Gasteiger partial charge on any atom is -0.468 e. The second-order valence-electron chi connectivity index (χ2n) is 8.15. The molecule has 0 bridgehead atoms. The molecule has 184 valence electrons. The molecular weight excluding hydrogens is 442 g/mol. The van der Waals surface area contributed by atoms with Crippen LogP contribution in [0.5, 0.6) is 0 Å². The zero-order chi connectivity index (χ0) is 24.9. The number of halogens is 2. The van der Waals surface area contributed by atoms with E-state index in [9.17, 15) is 14.0 Å². The molecule has 0 amide bonds. The lowest BCUT2D eigenvalue weighted by Gasteiger charge is -2.19. The maximum atomic E-state index is 15.1. The van der Waals surface area contributed by atoms with Crippen molar-refractivity contribution in [2.45, 2.75) is 51.4 Å². The van der Waals surface area contributed by atoms with Gasteiger partial charge in [0.15, 0.2) is 0 Å². The molecule has 0 saturated heterocycles. The Kier molecular flexibility index (Phi) is 11.4. The summed E-state index contributed by atoms with van der Waals surface area (Å²) in [5.41, 5.74) is 1.94. The summed E-state index contributed by atoms with van der Waals surface area (Å²) in [6, 6.07) is 9.57. The summed E-state index contributed by atoms with van der Waals surface area (Å²) in [5.74, 6) is -2.05. The van der Waals surface area contributed by atoms with Crippen LogP contribution < -0.4 is 0 Å². The van der Waals surface area contributed by atoms with Crippen LogP contribution in [-0.2, 0) is 25.5 Å². The van der Waals surface area contributed by atoms with Gasteiger partial charge >= 0.3 is 5.97 Å². The van der Waals surface area contributed by atoms with E-state index in [2.05, 4.69) is 13.5 Å². The van der Waals surface area contributed by atoms with Gasteiger partial charge in [0, 0.05) is 5.56 Å². The molecule has 0 radical (unpaired) electrons. The van der Waals surface area contributed by atoms with Crippen LogP contribution in [0, 0.1) is 11.6 Å². The number of aliphatic hydroxyl groups excluding tert-OH is 1. The molecule has 0 saturated carbocycles. The summed E-state index contributed by atoms with van der Waals surface area (Å²) < 4.78 is 39.6. The van der Waals surface area contributed by atoms with E-state index < -0.39 is 30.1 Å². The van der Waals surface area contributed by atoms with E-state index in [0.29, 0.717) is 29.6 Å². The topological polar surface area (TPSA) is 72.8 Å². The first-order valence-corrected chi connectivity index (χ1v) is 11.5. The number of aryl methyl sites for hydroxylation is 1. The predicted octanol–water partition coefficient (Wildman–Crippen LogP) is 5.49. The maximum absolute atomic E-state index is 15.1. The van der Waals surface area contributed by atoms with Crippen molar-refractivity contribution in [1.29, 1.82) is 0 Å². The SMILES string of the molecule is C=C(CO)C(=O)OCCC(CCOC=O)c1ccc(-c2ccc(CCCCC)cc2F)cc1F. The Morgan fingerprint density at radius 3 is 2.50 bits per heavy atom. The van der Waals surface area contributed by atoms with E-state index in [0.717, 1.165) is 31.2 Å². The second kappa shape index (κ2) is 14.3. The van der Waals surface area contributed by atoms with Gasteiger partial charge in [-0.25, -0.2) is 13.6 Å². The molecule has 7 heteroatoms. The van der Waals surface area contributed by atoms with Crippen LogP contribution >= 0.6 is 0 Å². The molecule has 2 aromatic rings. The number of ether oxygens (including phenoxy) is 2. The monoisotopic (exact) mass is 474 g/mol. The Labute approximate surface area is 199 Å². The van der Waals surface area contributed by atoms with E-state index in [4.69, 9.17) is 14.6 Å². The van der Waals surface area contributed by atoms with Gasteiger partial charge in [0.2, 0.25) is 0 Å². The summed E-state index contributed by atoms with van der Waals surface area (Å²) in [4.78, 5) is 22.2. The van der Waals surface area contributed by atoms with Gasteiger partial charge in [0.1, 0.15) is 11.6 Å². The Balaban J connectivity index is 2.16. The molecular formula is C27H32F2O5. The molecule has 0 fully saturated rings. The lowest BCUT2D eigenvalue weighted by Crippen LogP contribution is -2.14. The van der Waals surface area contributed by atoms with Gasteiger partial charge in [0.25, 0.3) is 6.47 Å². The molecule has 0 spiro atoms. The number of benzene rings is 2. The number of hydrogen-bond acceptors (Lipinski definition) is 5. The first kappa shape index (κ1) is 27.2. The fourth-order valence-corrected chi connectivity index (χ4v) is 3.73. The van der Waals surface area contributed by atoms with Crippen molar-refractivity contribution in [2.24, 2.45) is 0 Å². The predicted molar refractivity (Wildman–Crippen MR) is 126 cm³/mol. The van der Waals surface area contributed by atoms with Crippen molar-refractivity contribution in [2.75, 3.05) is 19.8 Å². The molecule has 2 rings (SSSR count). The zero-order valence-corrected chi connectivity index (χ0v) is 19.5. The summed E-state index contributed by atoms with van der Waals surface area (Å²) in [6.45, 7) is 5.36. The van der Waals surface area contributed by atoms with E-state index in [1.165, 1.54) is 12.1 Å². The lowest BCUT2D eigenvalue weighted by molar-refractivity contribution is -0.139. The fourth-order valence-electron chi connectivity index (χ4n) is 3.73. The van der Waals surface area contributed by atoms with Crippen molar-refractivity contribution in [3.05, 3.63) is 71.3 Å². The van der Waals surface area contributed by atoms with Gasteiger partial charge in [0.05, 0.1) is 25.4 Å². The molecule has 0 aliphatic carbocycles. The maximum Gasteiger partial charge on any atom is 0.335 e. The van der Waals surface area contributed by atoms with Gasteiger partial charge < -0.3 is 14.6 Å². The number of esters is 1. The molecule has 0 aromatic heterocycles. The van der Waals surface area contributed by atoms with Crippen molar-refractivity contribution in [3.63, 3.8) is 0 Å². The molecule has 0 heterocycles. The number of unbranched alkanes of at least 4 members (excludes halogenated alkanes) is 2. The quantitative estimate of drug-likeness (QED) is 0.160. The number of carbonyl (C=O) groups is 2. The third-order valence-electron chi connectivity index (χ3n) is 5.68. The highest BCUT2D eigenvalue weighted by Crippen LogP contribution is 2.31. The molecule has 1 unspecified atom stereocenters. The van der Waals surface area contributed by atoms with Gasteiger partial charge in [-0.2, -0.15) is 0 Å². The highest BCUT2D eigenvalue weighted by molar-refractivity contribution is 5.87. The van der Waals surface area contributed by atoms with E-state index in [-0.39, 0.29) is 25.2 Å². The van der Waals surface area contributed by atoms with Crippen LogP contribution in [0.25, 0.3) is 11.1 Å². The van der Waals surface area contributed by atoms with Crippen LogP contribution in [0.2, 0.25) is 0 Å². The number of carbonyl (C=O) groups excluding carboxylic acids is 2. The average Bonchev–Trinajstić information content (AvgIpc) is 2.83. The minimum atomic E-state index is -0.727. The standard InChI is InChI=1S/C27H32F2O5/c1-3-4-5-6-20-7-9-24(25(28)15-20)22-8-10-23(26(29)16-22)21(11-13-33-18-31)12-14-34-27(32)19(2)17-30/h7-10,15-16,18,21,30H,2-6,11-14,17H2,1H3. The van der Waals surface area contributed by atoms with Gasteiger partial charge in [-0.3, -0.25) is 4.79 Å². The number of hydrogen-bond donors (Lipinski definition) is 1. The van der Waals surface area contributed by atoms with Crippen molar-refractivity contribution >= 4 is 12.4 Å². The number of rotatable bonds is 15. The van der Waals surface area contributed by atoms with Crippen molar-refractivity contribution < 1.29 is 33.0 Å². The van der Waals surface area contributed by atoms with Crippen molar-refractivity contribution in [1.82, 2.24) is 0 Å². The summed E-state index contributed by atoms with van der Waals surface area (Å²) in [6.07, 6.45) is 4.56. The normalized spacial score (nSPS) is 11.6. The average molecular weight is 475 g/mol. The van der Waals surface area contributed by atoms with Crippen LogP contribution in [0.15, 0.2) is 48.6 Å². The zero-order valence-electron chi connectivity index (χ0n) is 19.5. The third kappa shape index (κ3) is 8.06. The largest absolute Gasteiger partial charge is 0.468 e. The lowest BCUT2D eigenvalue weighted by atomic mass is 9.90. The Hall–Kier alpha value is -3.06. The van der Waals surface area contributed by atoms with Gasteiger partial charge in [-0.05, 0) is 60.4 Å². The molecule has 0 aliphatic heterocycles. The summed E-state index contributed by atoms with van der Waals surface area (Å²) in [5, 5.41) is 8.95. The second-order valence-corrected chi connectivity index (χ2v) is 8.15. The smallest absolute Gasteiger partial charge is 0.335 e. The van der Waals surface area contributed by atoms with E-state index in [1.54, 1.807) is 18.2 Å². The van der Waals surface area contributed by atoms with Gasteiger partial charge in [-0.15, -0.1) is 0 Å². The van der Waals surface area contributed by atoms with Crippen LogP contribution in [-0.4, -0.2) is 37.4 Å². The minimum absolute atomic E-state index is 0.0288. The Bertz CT molecular complexity index is 973. The summed E-state index contributed by atoms with van der Waals surface area (Å²) >= 11 is 0. The highest BCUT2D eigenvalue weighted by Gasteiger charge is 2.19. The molecule has 1 atom stereocenters. The third-order valence-corrected chi connectivity index (χ3v) is 5.68. The molecule has 5 nitrogen and oxygen atoms in total. The summed E-state index contributed by atoms with van der Waals surface area (Å²) in [7, 11) is 0. The number of aliphatic hydroxyl groups is 1. The highest BCUT2D eigenvalue weighted by atomic mass is 19.1. The molecule has 34 heavy (non-hydrogen) atoms. The van der Waals surface area contributed by atoms with Crippen LogP contribution in [0.1, 0.15) is 56.1 Å². The Morgan fingerprint density at radius 2 is 1.85 bits per heavy atom. The molecule has 1 N–H and O–H groups in total. The van der Waals surface area contributed by atoms with E-state index in [1.807, 2.05) is 6.07 Å². The van der Waals surface area contributed by atoms with Crippen LogP contribution in [0.4, 0.5) is 8.78 Å². The first-order chi connectivity index (χ1) is 16.4. The fraction of sp³-hybridized carbons (Fsp3) is 0.407. The Morgan fingerprint density at radius 1 is 1.09 bits per heavy atom. The molecule has 0 aliphatic rings. The van der Waals surface area contributed by atoms with Crippen molar-refractivity contribution in [3.8, 4) is 11.1 Å². The van der Waals surface area contributed by atoms with Gasteiger partial charge in [-0.1, -0.05) is 50.6 Å². The molecule has 2 aromatic carbocycles. The first-order valence-electron chi connectivity index (χ1n) is 11.5.